The molecular weight excluding hydrogens is 452 g/mol. The number of hydrogen-bond donors (Lipinski definition) is 1. The summed E-state index contributed by atoms with van der Waals surface area (Å²) in [6.45, 7) is 2.21. The number of methoxy groups -OCH3 is 2. The largest absolute Gasteiger partial charge is 0.497 e. The Morgan fingerprint density at radius 1 is 1.00 bits per heavy atom. The molecule has 1 heterocycles. The highest BCUT2D eigenvalue weighted by Gasteiger charge is 2.39. The van der Waals surface area contributed by atoms with Crippen molar-refractivity contribution < 1.29 is 22.7 Å². The zero-order chi connectivity index (χ0) is 24.3. The lowest BCUT2D eigenvalue weighted by Crippen LogP contribution is -2.52. The number of carbonyl (C=O) groups is 1. The van der Waals surface area contributed by atoms with Crippen LogP contribution >= 0.6 is 0 Å². The third kappa shape index (κ3) is 4.78. The molecule has 0 radical (unpaired) electrons. The van der Waals surface area contributed by atoms with Crippen LogP contribution in [0, 0.1) is 6.92 Å². The van der Waals surface area contributed by atoms with Crippen LogP contribution in [-0.2, 0) is 34.3 Å². The SMILES string of the molecule is COc1ccc(OC)c(CNC(=O)[C@H]2Cc3ccccc3CN2S(=O)(=O)c2ccc(C)cc2)c1. The Hall–Kier alpha value is -3.36. The molecule has 0 fully saturated rings. The van der Waals surface area contributed by atoms with Crippen LogP contribution in [0.3, 0.4) is 0 Å². The Labute approximate surface area is 200 Å². The summed E-state index contributed by atoms with van der Waals surface area (Å²) < 4.78 is 39.2. The Bertz CT molecular complexity index is 1290. The first-order valence-electron chi connectivity index (χ1n) is 11.0. The standard InChI is InChI=1S/C26H28N2O5S/c1-18-8-11-23(12-9-18)34(30,31)28-17-20-7-5-4-6-19(20)15-24(28)26(29)27-16-21-14-22(32-2)10-13-25(21)33-3/h4-14,24H,15-17H2,1-3H3,(H,27,29)/t24-/m1/s1. The lowest BCUT2D eigenvalue weighted by Gasteiger charge is -2.35. The Morgan fingerprint density at radius 3 is 2.38 bits per heavy atom. The third-order valence-electron chi connectivity index (χ3n) is 6.08. The molecule has 0 unspecified atom stereocenters. The summed E-state index contributed by atoms with van der Waals surface area (Å²) in [6.07, 6.45) is 0.294. The third-order valence-corrected chi connectivity index (χ3v) is 7.95. The molecule has 1 aliphatic heterocycles. The Morgan fingerprint density at radius 2 is 1.71 bits per heavy atom. The molecule has 34 heavy (non-hydrogen) atoms. The van der Waals surface area contributed by atoms with Gasteiger partial charge in [0.05, 0.1) is 19.1 Å². The van der Waals surface area contributed by atoms with Crippen LogP contribution in [0.25, 0.3) is 0 Å². The molecule has 1 atom stereocenters. The molecule has 3 aromatic carbocycles. The predicted molar refractivity (Wildman–Crippen MR) is 129 cm³/mol. The summed E-state index contributed by atoms with van der Waals surface area (Å²) in [7, 11) is -0.771. The first-order valence-corrected chi connectivity index (χ1v) is 12.4. The van der Waals surface area contributed by atoms with E-state index in [4.69, 9.17) is 9.47 Å². The molecule has 0 aromatic heterocycles. The van der Waals surface area contributed by atoms with Crippen LogP contribution in [0.5, 0.6) is 11.5 Å². The highest BCUT2D eigenvalue weighted by Crippen LogP contribution is 2.30. The fraction of sp³-hybridized carbons (Fsp3) is 0.269. The van der Waals surface area contributed by atoms with Gasteiger partial charge in [-0.15, -0.1) is 0 Å². The molecule has 0 bridgehead atoms. The van der Waals surface area contributed by atoms with Crippen molar-refractivity contribution in [2.45, 2.75) is 37.4 Å². The number of fused-ring (bicyclic) bond motifs is 1. The predicted octanol–water partition coefficient (Wildman–Crippen LogP) is 3.44. The van der Waals surface area contributed by atoms with E-state index in [1.165, 1.54) is 4.31 Å². The van der Waals surface area contributed by atoms with Crippen molar-refractivity contribution in [1.29, 1.82) is 0 Å². The van der Waals surface area contributed by atoms with Gasteiger partial charge in [0.1, 0.15) is 17.5 Å². The molecule has 0 aliphatic carbocycles. The van der Waals surface area contributed by atoms with Crippen LogP contribution in [0.2, 0.25) is 0 Å². The van der Waals surface area contributed by atoms with Gasteiger partial charge >= 0.3 is 0 Å². The van der Waals surface area contributed by atoms with Gasteiger partial charge in [0.2, 0.25) is 15.9 Å². The number of nitrogens with zero attached hydrogens (tertiary/aromatic N) is 1. The highest BCUT2D eigenvalue weighted by molar-refractivity contribution is 7.89. The van der Waals surface area contributed by atoms with Gasteiger partial charge in [-0.2, -0.15) is 4.31 Å². The smallest absolute Gasteiger partial charge is 0.244 e. The topological polar surface area (TPSA) is 84.9 Å². The maximum absolute atomic E-state index is 13.6. The van der Waals surface area contributed by atoms with E-state index < -0.39 is 16.1 Å². The molecule has 4 rings (SSSR count). The van der Waals surface area contributed by atoms with Crippen LogP contribution in [0.1, 0.15) is 22.3 Å². The highest BCUT2D eigenvalue weighted by atomic mass is 32.2. The van der Waals surface area contributed by atoms with Gasteiger partial charge in [0.15, 0.2) is 0 Å². The maximum atomic E-state index is 13.6. The molecule has 7 nitrogen and oxygen atoms in total. The second-order valence-corrected chi connectivity index (χ2v) is 10.1. The fourth-order valence-electron chi connectivity index (χ4n) is 4.14. The molecule has 0 saturated heterocycles. The second-order valence-electron chi connectivity index (χ2n) is 8.25. The minimum Gasteiger partial charge on any atom is -0.497 e. The average molecular weight is 481 g/mol. The van der Waals surface area contributed by atoms with Crippen LogP contribution in [0.15, 0.2) is 71.6 Å². The van der Waals surface area contributed by atoms with E-state index in [1.54, 1.807) is 56.7 Å². The van der Waals surface area contributed by atoms with Crippen molar-refractivity contribution in [3.8, 4) is 11.5 Å². The van der Waals surface area contributed by atoms with Crippen molar-refractivity contribution in [1.82, 2.24) is 9.62 Å². The number of carbonyl (C=O) groups excluding carboxylic acids is 1. The van der Waals surface area contributed by atoms with Gasteiger partial charge < -0.3 is 14.8 Å². The molecule has 8 heteroatoms. The summed E-state index contributed by atoms with van der Waals surface area (Å²) in [5, 5.41) is 2.91. The van der Waals surface area contributed by atoms with Gasteiger partial charge in [-0.05, 0) is 54.8 Å². The lowest BCUT2D eigenvalue weighted by molar-refractivity contribution is -0.125. The molecule has 1 aliphatic rings. The van der Waals surface area contributed by atoms with E-state index in [9.17, 15) is 13.2 Å². The molecule has 1 N–H and O–H groups in total. The second kappa shape index (κ2) is 9.87. The summed E-state index contributed by atoms with van der Waals surface area (Å²) in [6, 6.07) is 18.8. The van der Waals surface area contributed by atoms with Crippen LogP contribution in [-0.4, -0.2) is 38.9 Å². The number of benzene rings is 3. The quantitative estimate of drug-likeness (QED) is 0.560. The minimum atomic E-state index is -3.89. The van der Waals surface area contributed by atoms with Crippen molar-refractivity contribution in [3.05, 3.63) is 89.0 Å². The molecule has 178 valence electrons. The number of ether oxygens (including phenoxy) is 2. The number of amides is 1. The van der Waals surface area contributed by atoms with Crippen molar-refractivity contribution in [2.75, 3.05) is 14.2 Å². The monoisotopic (exact) mass is 480 g/mol. The van der Waals surface area contributed by atoms with E-state index in [0.29, 0.717) is 17.9 Å². The van der Waals surface area contributed by atoms with E-state index in [2.05, 4.69) is 5.32 Å². The maximum Gasteiger partial charge on any atom is 0.244 e. The van der Waals surface area contributed by atoms with E-state index in [1.807, 2.05) is 31.2 Å². The number of sulfonamides is 1. The van der Waals surface area contributed by atoms with Gasteiger partial charge in [0.25, 0.3) is 0 Å². The van der Waals surface area contributed by atoms with Crippen molar-refractivity contribution in [3.63, 3.8) is 0 Å². The van der Waals surface area contributed by atoms with Crippen LogP contribution in [0.4, 0.5) is 0 Å². The molecule has 0 spiro atoms. The summed E-state index contributed by atoms with van der Waals surface area (Å²) in [5.41, 5.74) is 3.57. The zero-order valence-corrected chi connectivity index (χ0v) is 20.3. The fourth-order valence-corrected chi connectivity index (χ4v) is 5.71. The van der Waals surface area contributed by atoms with Gasteiger partial charge in [-0.25, -0.2) is 8.42 Å². The summed E-state index contributed by atoms with van der Waals surface area (Å²) in [4.78, 5) is 13.6. The van der Waals surface area contributed by atoms with Crippen molar-refractivity contribution in [2.24, 2.45) is 0 Å². The first kappa shape index (κ1) is 23.8. The van der Waals surface area contributed by atoms with E-state index in [0.717, 1.165) is 22.3 Å². The van der Waals surface area contributed by atoms with E-state index in [-0.39, 0.29) is 23.9 Å². The van der Waals surface area contributed by atoms with Gasteiger partial charge in [-0.1, -0.05) is 42.0 Å². The van der Waals surface area contributed by atoms with Crippen molar-refractivity contribution >= 4 is 15.9 Å². The molecule has 3 aromatic rings. The Kier molecular flexibility index (Phi) is 6.90. The minimum absolute atomic E-state index is 0.132. The summed E-state index contributed by atoms with van der Waals surface area (Å²) in [5.74, 6) is 0.884. The molecule has 1 amide bonds. The average Bonchev–Trinajstić information content (AvgIpc) is 2.86. The van der Waals surface area contributed by atoms with Gasteiger partial charge in [0, 0.05) is 18.7 Å². The number of aryl methyl sites for hydroxylation is 1. The zero-order valence-electron chi connectivity index (χ0n) is 19.4. The number of nitrogens with one attached hydrogen (secondary N) is 1. The Balaban J connectivity index is 1.63. The van der Waals surface area contributed by atoms with E-state index >= 15 is 0 Å². The molecular formula is C26H28N2O5S. The first-order chi connectivity index (χ1) is 16.3. The lowest BCUT2D eigenvalue weighted by atomic mass is 9.95. The normalized spacial score (nSPS) is 15.9. The number of rotatable bonds is 7. The van der Waals surface area contributed by atoms with Crippen LogP contribution < -0.4 is 14.8 Å². The number of hydrogen-bond acceptors (Lipinski definition) is 5. The molecule has 0 saturated carbocycles. The van der Waals surface area contributed by atoms with Gasteiger partial charge in [-0.3, -0.25) is 4.79 Å². The summed E-state index contributed by atoms with van der Waals surface area (Å²) >= 11 is 0.